The third kappa shape index (κ3) is 1.91. The Labute approximate surface area is 84.3 Å². The minimum atomic E-state index is -0.561. The number of hydrogen-bond donors (Lipinski definition) is 2. The Bertz CT molecular complexity index is 226. The fraction of sp³-hybridized carbons (Fsp3) is 0.900. The van der Waals surface area contributed by atoms with Crippen LogP contribution in [0.2, 0.25) is 0 Å². The molecular weight excluding hydrogens is 180 g/mol. The van der Waals surface area contributed by atoms with Crippen LogP contribution in [-0.2, 0) is 4.79 Å². The number of hydrogen-bond acceptors (Lipinski definition) is 3. The average molecular weight is 198 g/mol. The topological polar surface area (TPSA) is 52.6 Å². The maximum Gasteiger partial charge on any atom is 0.228 e. The van der Waals surface area contributed by atoms with Gasteiger partial charge < -0.3 is 15.3 Å². The minimum Gasteiger partial charge on any atom is -0.390 e. The monoisotopic (exact) mass is 198 g/mol. The largest absolute Gasteiger partial charge is 0.390 e. The Morgan fingerprint density at radius 1 is 1.43 bits per heavy atom. The van der Waals surface area contributed by atoms with Crippen molar-refractivity contribution in [1.82, 2.24) is 10.2 Å². The van der Waals surface area contributed by atoms with Crippen LogP contribution in [0.3, 0.4) is 0 Å². The molecule has 1 amide bonds. The molecule has 2 fully saturated rings. The number of amides is 1. The molecule has 2 aliphatic heterocycles. The molecule has 0 atom stereocenters. The van der Waals surface area contributed by atoms with E-state index in [1.807, 2.05) is 11.8 Å². The summed E-state index contributed by atoms with van der Waals surface area (Å²) in [5, 5.41) is 12.8. The highest BCUT2D eigenvalue weighted by Gasteiger charge is 2.34. The first-order valence-electron chi connectivity index (χ1n) is 5.30. The van der Waals surface area contributed by atoms with Gasteiger partial charge >= 0.3 is 0 Å². The zero-order valence-electron chi connectivity index (χ0n) is 8.62. The van der Waals surface area contributed by atoms with E-state index in [1.54, 1.807) is 0 Å². The van der Waals surface area contributed by atoms with Gasteiger partial charge in [-0.15, -0.1) is 0 Å². The molecule has 0 spiro atoms. The highest BCUT2D eigenvalue weighted by Crippen LogP contribution is 2.22. The fourth-order valence-corrected chi connectivity index (χ4v) is 1.93. The number of piperidine rings is 1. The summed E-state index contributed by atoms with van der Waals surface area (Å²) in [6, 6.07) is 0. The van der Waals surface area contributed by atoms with E-state index in [0.29, 0.717) is 25.9 Å². The molecule has 4 nitrogen and oxygen atoms in total. The summed E-state index contributed by atoms with van der Waals surface area (Å²) in [7, 11) is 0. The summed E-state index contributed by atoms with van der Waals surface area (Å²) in [6.45, 7) is 4.92. The maximum atomic E-state index is 11.8. The number of rotatable bonds is 1. The van der Waals surface area contributed by atoms with Crippen molar-refractivity contribution >= 4 is 5.91 Å². The fourth-order valence-electron chi connectivity index (χ4n) is 1.93. The molecule has 0 aliphatic carbocycles. The van der Waals surface area contributed by atoms with E-state index in [0.717, 1.165) is 13.1 Å². The van der Waals surface area contributed by atoms with E-state index < -0.39 is 5.60 Å². The molecule has 2 aliphatic rings. The molecular formula is C10H18N2O2. The summed E-state index contributed by atoms with van der Waals surface area (Å²) >= 11 is 0. The molecule has 0 aromatic carbocycles. The molecule has 14 heavy (non-hydrogen) atoms. The summed E-state index contributed by atoms with van der Waals surface area (Å²) in [6.07, 6.45) is 1.41. The maximum absolute atomic E-state index is 11.8. The highest BCUT2D eigenvalue weighted by molar-refractivity contribution is 5.80. The van der Waals surface area contributed by atoms with Gasteiger partial charge in [0.05, 0.1) is 11.5 Å². The molecule has 0 radical (unpaired) electrons. The van der Waals surface area contributed by atoms with Crippen LogP contribution in [0.25, 0.3) is 0 Å². The number of nitrogens with zero attached hydrogens (tertiary/aromatic N) is 1. The standard InChI is InChI=1S/C10H18N2O2/c1-10(14)2-4-12(5-3-10)9(13)8-6-11-7-8/h8,11,14H,2-7H2,1H3. The Morgan fingerprint density at radius 3 is 2.43 bits per heavy atom. The van der Waals surface area contributed by atoms with Gasteiger partial charge in [-0.1, -0.05) is 0 Å². The van der Waals surface area contributed by atoms with Crippen molar-refractivity contribution in [2.24, 2.45) is 5.92 Å². The number of carbonyl (C=O) groups excluding carboxylic acids is 1. The first-order chi connectivity index (χ1) is 6.58. The Hall–Kier alpha value is -0.610. The van der Waals surface area contributed by atoms with Crippen LogP contribution in [0.1, 0.15) is 19.8 Å². The lowest BCUT2D eigenvalue weighted by molar-refractivity contribution is -0.140. The lowest BCUT2D eigenvalue weighted by Crippen LogP contribution is -2.55. The summed E-state index contributed by atoms with van der Waals surface area (Å²) in [5.41, 5.74) is -0.561. The van der Waals surface area contributed by atoms with E-state index >= 15 is 0 Å². The van der Waals surface area contributed by atoms with Crippen LogP contribution < -0.4 is 5.32 Å². The van der Waals surface area contributed by atoms with Gasteiger partial charge in [-0.05, 0) is 19.8 Å². The molecule has 2 rings (SSSR count). The molecule has 80 valence electrons. The van der Waals surface area contributed by atoms with Gasteiger partial charge in [0.1, 0.15) is 0 Å². The minimum absolute atomic E-state index is 0.193. The molecule has 2 saturated heterocycles. The number of carbonyl (C=O) groups is 1. The normalized spacial score (nSPS) is 27.1. The zero-order valence-corrected chi connectivity index (χ0v) is 8.62. The SMILES string of the molecule is CC1(O)CCN(C(=O)C2CNC2)CC1. The summed E-state index contributed by atoms with van der Waals surface area (Å²) in [4.78, 5) is 13.7. The van der Waals surface area contributed by atoms with Crippen molar-refractivity contribution in [1.29, 1.82) is 0 Å². The molecule has 4 heteroatoms. The average Bonchev–Trinajstić information content (AvgIpc) is 2.00. The van der Waals surface area contributed by atoms with Crippen molar-refractivity contribution in [2.75, 3.05) is 26.2 Å². The second kappa shape index (κ2) is 3.51. The summed E-state index contributed by atoms with van der Waals surface area (Å²) < 4.78 is 0. The van der Waals surface area contributed by atoms with E-state index in [2.05, 4.69) is 5.32 Å². The van der Waals surface area contributed by atoms with Gasteiger partial charge in [0.15, 0.2) is 0 Å². The molecule has 0 saturated carbocycles. The predicted octanol–water partition coefficient (Wildman–Crippen LogP) is -0.421. The first-order valence-corrected chi connectivity index (χ1v) is 5.30. The smallest absolute Gasteiger partial charge is 0.228 e. The van der Waals surface area contributed by atoms with E-state index in [-0.39, 0.29) is 11.8 Å². The second-order valence-electron chi connectivity index (χ2n) is 4.68. The Kier molecular flexibility index (Phi) is 2.49. The van der Waals surface area contributed by atoms with Crippen LogP contribution in [0, 0.1) is 5.92 Å². The van der Waals surface area contributed by atoms with Gasteiger partial charge in [0.25, 0.3) is 0 Å². The van der Waals surface area contributed by atoms with Crippen molar-refractivity contribution in [3.05, 3.63) is 0 Å². The zero-order chi connectivity index (χ0) is 10.2. The van der Waals surface area contributed by atoms with Crippen LogP contribution in [0.15, 0.2) is 0 Å². The van der Waals surface area contributed by atoms with Crippen molar-refractivity contribution in [3.8, 4) is 0 Å². The molecule has 0 aromatic rings. The van der Waals surface area contributed by atoms with Gasteiger partial charge in [-0.2, -0.15) is 0 Å². The molecule has 2 N–H and O–H groups in total. The van der Waals surface area contributed by atoms with Crippen molar-refractivity contribution in [2.45, 2.75) is 25.4 Å². The van der Waals surface area contributed by atoms with Crippen LogP contribution in [0.4, 0.5) is 0 Å². The van der Waals surface area contributed by atoms with Gasteiger partial charge in [-0.3, -0.25) is 4.79 Å². The number of nitrogens with one attached hydrogen (secondary N) is 1. The van der Waals surface area contributed by atoms with Gasteiger partial charge in [-0.25, -0.2) is 0 Å². The quantitative estimate of drug-likeness (QED) is 0.601. The summed E-state index contributed by atoms with van der Waals surface area (Å²) in [5.74, 6) is 0.456. The molecule has 0 aromatic heterocycles. The number of likely N-dealkylation sites (tertiary alicyclic amines) is 1. The first kappa shape index (κ1) is 9.93. The third-order valence-corrected chi connectivity index (χ3v) is 3.28. The molecule has 0 bridgehead atoms. The lowest BCUT2D eigenvalue weighted by Gasteiger charge is -2.39. The molecule has 2 heterocycles. The third-order valence-electron chi connectivity index (χ3n) is 3.28. The van der Waals surface area contributed by atoms with Crippen molar-refractivity contribution < 1.29 is 9.90 Å². The van der Waals surface area contributed by atoms with Gasteiger partial charge in [0.2, 0.25) is 5.91 Å². The highest BCUT2D eigenvalue weighted by atomic mass is 16.3. The van der Waals surface area contributed by atoms with Crippen LogP contribution >= 0.6 is 0 Å². The van der Waals surface area contributed by atoms with Gasteiger partial charge in [0, 0.05) is 26.2 Å². The molecule has 0 unspecified atom stereocenters. The van der Waals surface area contributed by atoms with Crippen LogP contribution in [-0.4, -0.2) is 47.7 Å². The van der Waals surface area contributed by atoms with Crippen molar-refractivity contribution in [3.63, 3.8) is 0 Å². The van der Waals surface area contributed by atoms with E-state index in [1.165, 1.54) is 0 Å². The Morgan fingerprint density at radius 2 is 2.00 bits per heavy atom. The van der Waals surface area contributed by atoms with E-state index in [9.17, 15) is 9.90 Å². The second-order valence-corrected chi connectivity index (χ2v) is 4.68. The number of aliphatic hydroxyl groups is 1. The Balaban J connectivity index is 1.85. The van der Waals surface area contributed by atoms with E-state index in [4.69, 9.17) is 0 Å². The predicted molar refractivity (Wildman–Crippen MR) is 52.8 cm³/mol. The lowest BCUT2D eigenvalue weighted by atomic mass is 9.92. The van der Waals surface area contributed by atoms with Crippen LogP contribution in [0.5, 0.6) is 0 Å².